The highest BCUT2D eigenvalue weighted by molar-refractivity contribution is 8.18. The van der Waals surface area contributed by atoms with E-state index in [0.717, 1.165) is 11.8 Å². The summed E-state index contributed by atoms with van der Waals surface area (Å²) in [6, 6.07) is 12.2. The highest BCUT2D eigenvalue weighted by Crippen LogP contribution is 2.39. The van der Waals surface area contributed by atoms with Crippen LogP contribution in [0.5, 0.6) is 11.5 Å². The molecule has 0 bridgehead atoms. The summed E-state index contributed by atoms with van der Waals surface area (Å²) < 4.78 is 10.9. The molecule has 0 atom stereocenters. The van der Waals surface area contributed by atoms with E-state index in [9.17, 15) is 14.4 Å². The van der Waals surface area contributed by atoms with Crippen LogP contribution in [0.2, 0.25) is 5.02 Å². The van der Waals surface area contributed by atoms with Gasteiger partial charge in [-0.25, -0.2) is 0 Å². The molecular weight excluding hydrogens is 440 g/mol. The largest absolute Gasteiger partial charge is 0.493 e. The second-order valence-electron chi connectivity index (χ2n) is 6.57. The number of nitrogens with one attached hydrogen (secondary N) is 1. The van der Waals surface area contributed by atoms with E-state index in [1.165, 1.54) is 12.0 Å². The van der Waals surface area contributed by atoms with Crippen molar-refractivity contribution in [3.63, 3.8) is 0 Å². The molecule has 3 rings (SSSR count). The van der Waals surface area contributed by atoms with Crippen molar-refractivity contribution >= 4 is 52.2 Å². The number of amides is 3. The molecule has 7 nitrogen and oxygen atoms in total. The molecule has 0 aliphatic carbocycles. The number of carbonyl (C=O) groups excluding carboxylic acids is 3. The summed E-state index contributed by atoms with van der Waals surface area (Å²) in [5, 5.41) is 2.64. The molecule has 3 amide bonds. The van der Waals surface area contributed by atoms with E-state index < -0.39 is 0 Å². The molecule has 9 heteroatoms. The van der Waals surface area contributed by atoms with Crippen molar-refractivity contribution in [3.8, 4) is 11.5 Å². The van der Waals surface area contributed by atoms with Crippen molar-refractivity contribution in [1.82, 2.24) is 4.90 Å². The van der Waals surface area contributed by atoms with Gasteiger partial charge in [-0.1, -0.05) is 36.7 Å². The Bertz CT molecular complexity index is 1030. The average Bonchev–Trinajstić information content (AvgIpc) is 3.01. The van der Waals surface area contributed by atoms with Crippen LogP contribution in [0.15, 0.2) is 47.4 Å². The van der Waals surface area contributed by atoms with Gasteiger partial charge in [-0.2, -0.15) is 0 Å². The van der Waals surface area contributed by atoms with Crippen LogP contribution in [0.4, 0.5) is 10.5 Å². The number of benzene rings is 2. The Morgan fingerprint density at radius 3 is 2.65 bits per heavy atom. The van der Waals surface area contributed by atoms with E-state index in [4.69, 9.17) is 21.1 Å². The van der Waals surface area contributed by atoms with Gasteiger partial charge < -0.3 is 14.8 Å². The smallest absolute Gasteiger partial charge is 0.293 e. The van der Waals surface area contributed by atoms with Crippen molar-refractivity contribution in [2.45, 2.75) is 13.3 Å². The number of carbonyl (C=O) groups is 3. The van der Waals surface area contributed by atoms with Crippen LogP contribution in [0, 0.1) is 0 Å². The van der Waals surface area contributed by atoms with Crippen LogP contribution in [-0.2, 0) is 9.59 Å². The molecule has 162 valence electrons. The minimum absolute atomic E-state index is 0.212. The number of para-hydroxylation sites is 1. The molecule has 1 N–H and O–H groups in total. The third kappa shape index (κ3) is 5.59. The van der Waals surface area contributed by atoms with E-state index >= 15 is 0 Å². The lowest BCUT2D eigenvalue weighted by Crippen LogP contribution is -2.28. The molecule has 2 aromatic carbocycles. The highest BCUT2D eigenvalue weighted by atomic mass is 35.5. The number of halogens is 1. The van der Waals surface area contributed by atoms with Crippen molar-refractivity contribution in [2.24, 2.45) is 0 Å². The van der Waals surface area contributed by atoms with Gasteiger partial charge >= 0.3 is 0 Å². The summed E-state index contributed by atoms with van der Waals surface area (Å²) >= 11 is 7.24. The summed E-state index contributed by atoms with van der Waals surface area (Å²) in [7, 11) is 1.45. The summed E-state index contributed by atoms with van der Waals surface area (Å²) in [4.78, 5) is 38.1. The average molecular weight is 461 g/mol. The van der Waals surface area contributed by atoms with E-state index in [-0.39, 0.29) is 34.4 Å². The van der Waals surface area contributed by atoms with Gasteiger partial charge in [-0.05, 0) is 54.1 Å². The van der Waals surface area contributed by atoms with Gasteiger partial charge in [-0.3, -0.25) is 19.3 Å². The number of imide groups is 1. The van der Waals surface area contributed by atoms with Crippen LogP contribution in [0.25, 0.3) is 6.08 Å². The predicted molar refractivity (Wildman–Crippen MR) is 122 cm³/mol. The topological polar surface area (TPSA) is 84.9 Å². The van der Waals surface area contributed by atoms with Crippen LogP contribution in [0.3, 0.4) is 0 Å². The molecule has 31 heavy (non-hydrogen) atoms. The van der Waals surface area contributed by atoms with Crippen LogP contribution in [-0.4, -0.2) is 42.2 Å². The number of hydrogen-bond acceptors (Lipinski definition) is 6. The molecule has 1 aliphatic heterocycles. The Hall–Kier alpha value is -2.97. The number of anilines is 1. The lowest BCUT2D eigenvalue weighted by Gasteiger charge is -2.13. The third-order valence-electron chi connectivity index (χ3n) is 4.28. The summed E-state index contributed by atoms with van der Waals surface area (Å²) in [6.45, 7) is 2.01. The standard InChI is InChI=1S/C22H21ClN2O5S/c1-3-9-25-21(27)18(31-22(25)28)12-14-10-16(23)20(17(11-14)29-2)30-13-19(26)24-15-7-5-4-6-8-15/h4-8,10-12H,3,9,13H2,1-2H3,(H,24,26)/b18-12+. The third-order valence-corrected chi connectivity index (χ3v) is 5.46. The lowest BCUT2D eigenvalue weighted by molar-refractivity contribution is -0.122. The molecule has 0 aromatic heterocycles. The van der Waals surface area contributed by atoms with Crippen LogP contribution in [0.1, 0.15) is 18.9 Å². The number of ether oxygens (including phenoxy) is 2. The van der Waals surface area contributed by atoms with Gasteiger partial charge in [0.1, 0.15) is 0 Å². The second-order valence-corrected chi connectivity index (χ2v) is 7.97. The fraction of sp³-hybridized carbons (Fsp3) is 0.227. The zero-order valence-electron chi connectivity index (χ0n) is 17.0. The predicted octanol–water partition coefficient (Wildman–Crippen LogP) is 4.81. The number of nitrogens with zero attached hydrogens (tertiary/aromatic N) is 1. The zero-order valence-corrected chi connectivity index (χ0v) is 18.6. The van der Waals surface area contributed by atoms with E-state index in [1.807, 2.05) is 25.1 Å². The molecule has 0 spiro atoms. The Morgan fingerprint density at radius 1 is 1.23 bits per heavy atom. The van der Waals surface area contributed by atoms with E-state index in [0.29, 0.717) is 34.9 Å². The molecule has 1 heterocycles. The van der Waals surface area contributed by atoms with Crippen molar-refractivity contribution in [1.29, 1.82) is 0 Å². The van der Waals surface area contributed by atoms with Gasteiger partial charge in [0.05, 0.1) is 17.0 Å². The molecule has 1 fully saturated rings. The number of hydrogen-bond donors (Lipinski definition) is 1. The Morgan fingerprint density at radius 2 is 1.97 bits per heavy atom. The molecule has 2 aromatic rings. The van der Waals surface area contributed by atoms with Crippen LogP contribution < -0.4 is 14.8 Å². The van der Waals surface area contributed by atoms with Crippen molar-refractivity contribution < 1.29 is 23.9 Å². The summed E-state index contributed by atoms with van der Waals surface area (Å²) in [5.74, 6) is -0.162. The van der Waals surface area contributed by atoms with Crippen LogP contribution >= 0.6 is 23.4 Å². The van der Waals surface area contributed by atoms with Crippen molar-refractivity contribution in [3.05, 3.63) is 58.0 Å². The minimum atomic E-state index is -0.349. The molecule has 0 saturated carbocycles. The Balaban J connectivity index is 1.74. The fourth-order valence-corrected chi connectivity index (χ4v) is 4.03. The number of methoxy groups -OCH3 is 1. The molecule has 1 saturated heterocycles. The SMILES string of the molecule is CCCN1C(=O)S/C(=C/c2cc(Cl)c(OCC(=O)Nc3ccccc3)c(OC)c2)C1=O. The van der Waals surface area contributed by atoms with Crippen molar-refractivity contribution in [2.75, 3.05) is 25.6 Å². The normalized spacial score (nSPS) is 14.8. The maximum atomic E-state index is 12.4. The highest BCUT2D eigenvalue weighted by Gasteiger charge is 2.34. The zero-order chi connectivity index (χ0) is 22.4. The van der Waals surface area contributed by atoms with Gasteiger partial charge in [0, 0.05) is 12.2 Å². The molecule has 1 aliphatic rings. The van der Waals surface area contributed by atoms with Gasteiger partial charge in [0.25, 0.3) is 17.1 Å². The first kappa shape index (κ1) is 22.7. The summed E-state index contributed by atoms with van der Waals surface area (Å²) in [5.41, 5.74) is 1.23. The first-order valence-corrected chi connectivity index (χ1v) is 10.7. The first-order valence-electron chi connectivity index (χ1n) is 9.53. The first-order chi connectivity index (χ1) is 14.9. The van der Waals surface area contributed by atoms with Gasteiger partial charge in [0.15, 0.2) is 18.1 Å². The second kappa shape index (κ2) is 10.4. The maximum Gasteiger partial charge on any atom is 0.293 e. The number of thioether (sulfide) groups is 1. The Labute approximate surface area is 189 Å². The van der Waals surface area contributed by atoms with E-state index in [1.54, 1.807) is 30.3 Å². The maximum absolute atomic E-state index is 12.4. The quantitative estimate of drug-likeness (QED) is 0.569. The Kier molecular flexibility index (Phi) is 7.59. The number of rotatable bonds is 8. The lowest BCUT2D eigenvalue weighted by atomic mass is 10.1. The van der Waals surface area contributed by atoms with Gasteiger partial charge in [0.2, 0.25) is 0 Å². The van der Waals surface area contributed by atoms with Gasteiger partial charge in [-0.15, -0.1) is 0 Å². The van der Waals surface area contributed by atoms with E-state index in [2.05, 4.69) is 5.32 Å². The minimum Gasteiger partial charge on any atom is -0.493 e. The monoisotopic (exact) mass is 460 g/mol. The molecular formula is C22H21ClN2O5S. The fourth-order valence-electron chi connectivity index (χ4n) is 2.89. The molecule has 0 unspecified atom stereocenters. The molecule has 0 radical (unpaired) electrons. The summed E-state index contributed by atoms with van der Waals surface area (Å²) in [6.07, 6.45) is 2.27.